The van der Waals surface area contributed by atoms with Gasteiger partial charge in [-0.2, -0.15) is 0 Å². The van der Waals surface area contributed by atoms with Crippen molar-refractivity contribution in [3.63, 3.8) is 0 Å². The lowest BCUT2D eigenvalue weighted by Crippen LogP contribution is -2.08. The van der Waals surface area contributed by atoms with Crippen LogP contribution in [0.15, 0.2) is 5.16 Å². The van der Waals surface area contributed by atoms with Crippen LogP contribution in [-0.2, 0) is 0 Å². The summed E-state index contributed by atoms with van der Waals surface area (Å²) >= 11 is 7.57. The number of thioether (sulfide) groups is 1. The van der Waals surface area contributed by atoms with Gasteiger partial charge in [-0.05, 0) is 5.92 Å². The summed E-state index contributed by atoms with van der Waals surface area (Å²) in [5.74, 6) is 0.598. The number of hydrogen-bond acceptors (Lipinski definition) is 3. The lowest BCUT2D eigenvalue weighted by Gasteiger charge is -2.10. The zero-order valence-corrected chi connectivity index (χ0v) is 8.19. The van der Waals surface area contributed by atoms with Crippen molar-refractivity contribution >= 4 is 29.1 Å². The Bertz CT molecular complexity index is 172. The van der Waals surface area contributed by atoms with Crippen molar-refractivity contribution in [3.05, 3.63) is 0 Å². The summed E-state index contributed by atoms with van der Waals surface area (Å²) < 4.78 is -0.118. The van der Waals surface area contributed by atoms with Gasteiger partial charge in [-0.15, -0.1) is 23.4 Å². The Hall–Kier alpha value is 0.110. The standard InChI is InChI=1S/C7H12ClNOS/c1-4(2)6-3-5(9-10)7(8)11-6/h4,6-7,10H,3H2,1-2H3. The summed E-state index contributed by atoms with van der Waals surface area (Å²) in [5.41, 5.74) is 0.718. The molecule has 11 heavy (non-hydrogen) atoms. The molecule has 0 aromatic rings. The molecule has 2 atom stereocenters. The number of rotatable bonds is 1. The maximum Gasteiger partial charge on any atom is 0.121 e. The van der Waals surface area contributed by atoms with Crippen LogP contribution in [0.4, 0.5) is 0 Å². The van der Waals surface area contributed by atoms with Crippen LogP contribution in [0.25, 0.3) is 0 Å². The second kappa shape index (κ2) is 3.68. The van der Waals surface area contributed by atoms with Crippen LogP contribution >= 0.6 is 23.4 Å². The van der Waals surface area contributed by atoms with E-state index in [1.807, 2.05) is 0 Å². The Morgan fingerprint density at radius 1 is 1.73 bits per heavy atom. The number of halogens is 1. The molecule has 1 saturated heterocycles. The third kappa shape index (κ3) is 2.03. The third-order valence-corrected chi connectivity index (χ3v) is 3.97. The van der Waals surface area contributed by atoms with E-state index in [4.69, 9.17) is 16.8 Å². The van der Waals surface area contributed by atoms with E-state index in [9.17, 15) is 0 Å². The van der Waals surface area contributed by atoms with E-state index in [0.29, 0.717) is 11.2 Å². The zero-order valence-electron chi connectivity index (χ0n) is 6.62. The van der Waals surface area contributed by atoms with Crippen molar-refractivity contribution in [2.45, 2.75) is 30.2 Å². The molecule has 1 aliphatic heterocycles. The predicted molar refractivity (Wildman–Crippen MR) is 49.7 cm³/mol. The minimum Gasteiger partial charge on any atom is -0.411 e. The van der Waals surface area contributed by atoms with Gasteiger partial charge >= 0.3 is 0 Å². The van der Waals surface area contributed by atoms with Gasteiger partial charge in [0.05, 0.1) is 5.71 Å². The molecule has 0 aromatic carbocycles. The summed E-state index contributed by atoms with van der Waals surface area (Å²) in [5, 5.41) is 12.2. The zero-order chi connectivity index (χ0) is 8.43. The molecule has 0 amide bonds. The fraction of sp³-hybridized carbons (Fsp3) is 0.857. The van der Waals surface area contributed by atoms with Crippen molar-refractivity contribution in [2.24, 2.45) is 11.1 Å². The van der Waals surface area contributed by atoms with Gasteiger partial charge in [0.2, 0.25) is 0 Å². The summed E-state index contributed by atoms with van der Waals surface area (Å²) in [6, 6.07) is 0. The van der Waals surface area contributed by atoms with Crippen LogP contribution in [0.5, 0.6) is 0 Å². The average molecular weight is 194 g/mol. The highest BCUT2D eigenvalue weighted by atomic mass is 35.5. The van der Waals surface area contributed by atoms with Gasteiger partial charge in [0, 0.05) is 11.7 Å². The lowest BCUT2D eigenvalue weighted by molar-refractivity contribution is 0.317. The van der Waals surface area contributed by atoms with Gasteiger partial charge in [-0.3, -0.25) is 0 Å². The third-order valence-electron chi connectivity index (χ3n) is 1.84. The van der Waals surface area contributed by atoms with Gasteiger partial charge in [0.25, 0.3) is 0 Å². The molecule has 0 aliphatic carbocycles. The first-order chi connectivity index (χ1) is 5.15. The summed E-state index contributed by atoms with van der Waals surface area (Å²) in [6.45, 7) is 4.31. The quantitative estimate of drug-likeness (QED) is 0.395. The molecule has 4 heteroatoms. The minimum atomic E-state index is -0.118. The lowest BCUT2D eigenvalue weighted by atomic mass is 10.1. The molecule has 2 unspecified atom stereocenters. The maximum atomic E-state index is 8.53. The van der Waals surface area contributed by atoms with Gasteiger partial charge in [-0.25, -0.2) is 0 Å². The molecule has 64 valence electrons. The molecular weight excluding hydrogens is 182 g/mol. The molecular formula is C7H12ClNOS. The normalized spacial score (nSPS) is 35.5. The van der Waals surface area contributed by atoms with E-state index in [-0.39, 0.29) is 4.71 Å². The Labute approximate surface area is 76.0 Å². The molecule has 0 bridgehead atoms. The Morgan fingerprint density at radius 2 is 2.36 bits per heavy atom. The first-order valence-corrected chi connectivity index (χ1v) is 5.03. The van der Waals surface area contributed by atoms with Crippen LogP contribution in [0.2, 0.25) is 0 Å². The predicted octanol–water partition coefficient (Wildman–Crippen LogP) is 2.54. The van der Waals surface area contributed by atoms with Crippen molar-refractivity contribution in [2.75, 3.05) is 0 Å². The molecule has 0 saturated carbocycles. The summed E-state index contributed by atoms with van der Waals surface area (Å²) in [4.78, 5) is 0. The van der Waals surface area contributed by atoms with Crippen LogP contribution < -0.4 is 0 Å². The van der Waals surface area contributed by atoms with Crippen LogP contribution in [0.1, 0.15) is 20.3 Å². The molecule has 1 heterocycles. The number of oxime groups is 1. The molecule has 1 N–H and O–H groups in total. The van der Waals surface area contributed by atoms with E-state index in [0.717, 1.165) is 12.1 Å². The largest absolute Gasteiger partial charge is 0.411 e. The van der Waals surface area contributed by atoms with E-state index in [2.05, 4.69) is 19.0 Å². The Kier molecular flexibility index (Phi) is 3.07. The van der Waals surface area contributed by atoms with Gasteiger partial charge in [0.15, 0.2) is 0 Å². The maximum absolute atomic E-state index is 8.53. The van der Waals surface area contributed by atoms with E-state index in [1.165, 1.54) is 0 Å². The smallest absolute Gasteiger partial charge is 0.121 e. The molecule has 0 aromatic heterocycles. The Balaban J connectivity index is 2.57. The van der Waals surface area contributed by atoms with E-state index < -0.39 is 0 Å². The van der Waals surface area contributed by atoms with E-state index >= 15 is 0 Å². The number of alkyl halides is 1. The monoisotopic (exact) mass is 193 g/mol. The molecule has 1 fully saturated rings. The SMILES string of the molecule is CC(C)C1CC(=NO)C(Cl)S1. The summed E-state index contributed by atoms with van der Waals surface area (Å²) in [7, 11) is 0. The minimum absolute atomic E-state index is 0.118. The molecule has 1 aliphatic rings. The highest BCUT2D eigenvalue weighted by molar-refractivity contribution is 8.03. The van der Waals surface area contributed by atoms with Gasteiger partial charge < -0.3 is 5.21 Å². The van der Waals surface area contributed by atoms with Crippen molar-refractivity contribution in [1.82, 2.24) is 0 Å². The fourth-order valence-electron chi connectivity index (χ4n) is 1.06. The van der Waals surface area contributed by atoms with Crippen LogP contribution in [0, 0.1) is 5.92 Å². The van der Waals surface area contributed by atoms with Crippen LogP contribution in [-0.4, -0.2) is 20.9 Å². The number of nitrogens with zero attached hydrogens (tertiary/aromatic N) is 1. The molecule has 2 nitrogen and oxygen atoms in total. The topological polar surface area (TPSA) is 32.6 Å². The molecule has 0 spiro atoms. The average Bonchev–Trinajstić information content (AvgIpc) is 2.31. The highest BCUT2D eigenvalue weighted by Crippen LogP contribution is 2.37. The molecule has 0 radical (unpaired) electrons. The van der Waals surface area contributed by atoms with Crippen molar-refractivity contribution in [1.29, 1.82) is 0 Å². The Morgan fingerprint density at radius 3 is 2.64 bits per heavy atom. The second-order valence-electron chi connectivity index (χ2n) is 3.03. The number of hydrogen-bond donors (Lipinski definition) is 1. The van der Waals surface area contributed by atoms with Crippen LogP contribution in [0.3, 0.4) is 0 Å². The van der Waals surface area contributed by atoms with Gasteiger partial charge in [-0.1, -0.05) is 19.0 Å². The van der Waals surface area contributed by atoms with Gasteiger partial charge in [0.1, 0.15) is 4.71 Å². The van der Waals surface area contributed by atoms with E-state index in [1.54, 1.807) is 11.8 Å². The summed E-state index contributed by atoms with van der Waals surface area (Å²) in [6.07, 6.45) is 0.826. The van der Waals surface area contributed by atoms with Crippen molar-refractivity contribution in [3.8, 4) is 0 Å². The fourth-order valence-corrected chi connectivity index (χ4v) is 2.78. The highest BCUT2D eigenvalue weighted by Gasteiger charge is 2.31. The van der Waals surface area contributed by atoms with Crippen molar-refractivity contribution < 1.29 is 5.21 Å². The second-order valence-corrected chi connectivity index (χ2v) is 5.07. The molecule has 1 rings (SSSR count). The first kappa shape index (κ1) is 9.20. The first-order valence-electron chi connectivity index (χ1n) is 3.65.